The maximum Gasteiger partial charge on any atom is 0.424 e. The van der Waals surface area contributed by atoms with Gasteiger partial charge in [0.15, 0.2) is 0 Å². The van der Waals surface area contributed by atoms with E-state index in [4.69, 9.17) is 8.85 Å². The lowest BCUT2D eigenvalue weighted by Gasteiger charge is -2.43. The van der Waals surface area contributed by atoms with E-state index in [1.165, 1.54) is 13.0 Å². The van der Waals surface area contributed by atoms with E-state index in [0.717, 1.165) is 13.2 Å². The van der Waals surface area contributed by atoms with Crippen molar-refractivity contribution in [1.82, 2.24) is 4.23 Å². The zero-order valence-corrected chi connectivity index (χ0v) is 13.7. The van der Waals surface area contributed by atoms with Gasteiger partial charge in [-0.3, -0.25) is 0 Å². The Morgan fingerprint density at radius 3 is 2.06 bits per heavy atom. The molecule has 0 aliphatic carbocycles. The molecule has 0 saturated carbocycles. The summed E-state index contributed by atoms with van der Waals surface area (Å²) in [5.41, 5.74) is 0.596. The van der Waals surface area contributed by atoms with Crippen LogP contribution in [0.5, 0.6) is 0 Å². The summed E-state index contributed by atoms with van der Waals surface area (Å²) in [6, 6.07) is 0. The quantitative estimate of drug-likeness (QED) is 0.710. The van der Waals surface area contributed by atoms with Gasteiger partial charge >= 0.3 is 8.72 Å². The van der Waals surface area contributed by atoms with Crippen LogP contribution in [0.1, 0.15) is 27.2 Å². The first-order chi connectivity index (χ1) is 7.38. The molecular formula is C11H27NO2Si2. The molecule has 3 nitrogen and oxygen atoms in total. The van der Waals surface area contributed by atoms with Gasteiger partial charge in [-0.1, -0.05) is 26.6 Å². The Balaban J connectivity index is 2.98. The van der Waals surface area contributed by atoms with Gasteiger partial charge in [0.2, 0.25) is 0 Å². The van der Waals surface area contributed by atoms with Gasteiger partial charge in [-0.2, -0.15) is 0 Å². The molecule has 96 valence electrons. The highest BCUT2D eigenvalue weighted by molar-refractivity contribution is 6.86. The van der Waals surface area contributed by atoms with Gasteiger partial charge in [0.1, 0.15) is 8.24 Å². The Hall–Kier alpha value is 0.314. The molecule has 0 amide bonds. The molecule has 16 heavy (non-hydrogen) atoms. The van der Waals surface area contributed by atoms with Gasteiger partial charge < -0.3 is 13.1 Å². The molecule has 5 heteroatoms. The lowest BCUT2D eigenvalue weighted by molar-refractivity contribution is 0.151. The molecule has 1 aliphatic rings. The maximum atomic E-state index is 6.16. The average molecular weight is 262 g/mol. The topological polar surface area (TPSA) is 21.7 Å². The molecule has 1 rings (SSSR count). The maximum absolute atomic E-state index is 6.16. The smallest absolute Gasteiger partial charge is 0.383 e. The first-order valence-electron chi connectivity index (χ1n) is 6.44. The van der Waals surface area contributed by atoms with Gasteiger partial charge in [-0.15, -0.1) is 0 Å². The molecule has 1 heterocycles. The van der Waals surface area contributed by atoms with Crippen LogP contribution in [-0.4, -0.2) is 40.9 Å². The van der Waals surface area contributed by atoms with Crippen LogP contribution < -0.4 is 0 Å². The minimum absolute atomic E-state index is 0.596. The highest BCUT2D eigenvalue weighted by Gasteiger charge is 2.57. The largest absolute Gasteiger partial charge is 0.424 e. The lowest BCUT2D eigenvalue weighted by atomic mass is 10.3. The Labute approximate surface area is 103 Å². The Kier molecular flexibility index (Phi) is 4.77. The summed E-state index contributed by atoms with van der Waals surface area (Å²) in [4.78, 5) is 0. The molecule has 0 aromatic carbocycles. The molecule has 0 spiro atoms. The summed E-state index contributed by atoms with van der Waals surface area (Å²) < 4.78 is 15.0. The molecule has 1 aliphatic heterocycles. The van der Waals surface area contributed by atoms with Crippen LogP contribution in [0.4, 0.5) is 0 Å². The van der Waals surface area contributed by atoms with E-state index in [0.29, 0.717) is 5.54 Å². The fraction of sp³-hybridized carbons (Fsp3) is 1.00. The van der Waals surface area contributed by atoms with Gasteiger partial charge in [0.25, 0.3) is 0 Å². The van der Waals surface area contributed by atoms with Crippen molar-refractivity contribution < 1.29 is 8.85 Å². The van der Waals surface area contributed by atoms with Crippen molar-refractivity contribution in [2.45, 2.75) is 52.4 Å². The minimum Gasteiger partial charge on any atom is -0.383 e. The summed E-state index contributed by atoms with van der Waals surface area (Å²) in [6.45, 7) is 16.4. The molecule has 1 unspecified atom stereocenters. The third kappa shape index (κ3) is 2.59. The second-order valence-electron chi connectivity index (χ2n) is 5.51. The van der Waals surface area contributed by atoms with Crippen LogP contribution in [0.2, 0.25) is 25.2 Å². The van der Waals surface area contributed by atoms with Crippen molar-refractivity contribution in [1.29, 1.82) is 0 Å². The first-order valence-corrected chi connectivity index (χ1v) is 11.7. The SMILES string of the molecule is CCO[Si]1(OCC)C(C)CCN1[Si](C)(C)C. The zero-order valence-electron chi connectivity index (χ0n) is 11.7. The molecule has 1 saturated heterocycles. The highest BCUT2D eigenvalue weighted by atomic mass is 28.4. The van der Waals surface area contributed by atoms with Crippen LogP contribution in [0.25, 0.3) is 0 Å². The summed E-state index contributed by atoms with van der Waals surface area (Å²) in [6.07, 6.45) is 1.23. The molecular weight excluding hydrogens is 234 g/mol. The van der Waals surface area contributed by atoms with Crippen LogP contribution in [0, 0.1) is 0 Å². The molecule has 0 aromatic rings. The zero-order chi connectivity index (χ0) is 12.4. The standard InChI is InChI=1S/C11H27NO2Si2/c1-7-13-16(14-8-2)11(3)9-10-12(16)15(4,5)6/h11H,7-10H2,1-6H3. The lowest BCUT2D eigenvalue weighted by Crippen LogP contribution is -2.64. The predicted octanol–water partition coefficient (Wildman–Crippen LogP) is 2.93. The van der Waals surface area contributed by atoms with Crippen molar-refractivity contribution in [2.24, 2.45) is 0 Å². The Morgan fingerprint density at radius 2 is 1.69 bits per heavy atom. The second-order valence-corrected chi connectivity index (χ2v) is 14.2. The fourth-order valence-corrected chi connectivity index (χ4v) is 11.5. The van der Waals surface area contributed by atoms with Crippen LogP contribution in [-0.2, 0) is 8.85 Å². The van der Waals surface area contributed by atoms with Crippen molar-refractivity contribution in [3.05, 3.63) is 0 Å². The number of hydrogen-bond acceptors (Lipinski definition) is 3. The minimum atomic E-state index is -2.11. The summed E-state index contributed by atoms with van der Waals surface area (Å²) in [5.74, 6) is 0. The van der Waals surface area contributed by atoms with Gasteiger partial charge in [0.05, 0.1) is 0 Å². The van der Waals surface area contributed by atoms with Gasteiger partial charge in [0, 0.05) is 18.8 Å². The van der Waals surface area contributed by atoms with Gasteiger partial charge in [-0.25, -0.2) is 0 Å². The van der Waals surface area contributed by atoms with Crippen LogP contribution in [0.3, 0.4) is 0 Å². The normalized spacial score (nSPS) is 26.2. The van der Waals surface area contributed by atoms with Crippen LogP contribution in [0.15, 0.2) is 0 Å². The van der Waals surface area contributed by atoms with E-state index in [1.54, 1.807) is 0 Å². The predicted molar refractivity (Wildman–Crippen MR) is 73.1 cm³/mol. The first kappa shape index (κ1) is 14.4. The van der Waals surface area contributed by atoms with E-state index >= 15 is 0 Å². The highest BCUT2D eigenvalue weighted by Crippen LogP contribution is 2.40. The molecule has 0 aromatic heterocycles. The fourth-order valence-electron chi connectivity index (χ4n) is 2.63. The van der Waals surface area contributed by atoms with E-state index in [9.17, 15) is 0 Å². The number of hydrogen-bond donors (Lipinski definition) is 0. The van der Waals surface area contributed by atoms with Crippen molar-refractivity contribution in [3.8, 4) is 0 Å². The third-order valence-corrected chi connectivity index (χ3v) is 12.0. The summed E-state index contributed by atoms with van der Waals surface area (Å²) in [5, 5.41) is 0. The average Bonchev–Trinajstić information content (AvgIpc) is 2.45. The van der Waals surface area contributed by atoms with E-state index in [2.05, 4.69) is 44.6 Å². The van der Waals surface area contributed by atoms with E-state index < -0.39 is 17.0 Å². The third-order valence-electron chi connectivity index (χ3n) is 3.30. The van der Waals surface area contributed by atoms with Crippen molar-refractivity contribution >= 4 is 17.0 Å². The molecule has 1 atom stereocenters. The second kappa shape index (κ2) is 5.31. The van der Waals surface area contributed by atoms with Crippen molar-refractivity contribution in [3.63, 3.8) is 0 Å². The number of nitrogens with zero attached hydrogens (tertiary/aromatic N) is 1. The van der Waals surface area contributed by atoms with E-state index in [1.807, 2.05) is 0 Å². The molecule has 1 fully saturated rings. The van der Waals surface area contributed by atoms with E-state index in [-0.39, 0.29) is 0 Å². The van der Waals surface area contributed by atoms with Crippen LogP contribution >= 0.6 is 0 Å². The van der Waals surface area contributed by atoms with Gasteiger partial charge in [-0.05, 0) is 26.8 Å². The Bertz CT molecular complexity index is 225. The number of rotatable bonds is 5. The summed E-state index contributed by atoms with van der Waals surface area (Å²) >= 11 is 0. The monoisotopic (exact) mass is 261 g/mol. The summed E-state index contributed by atoms with van der Waals surface area (Å²) in [7, 11) is -3.44. The Morgan fingerprint density at radius 1 is 1.19 bits per heavy atom. The molecule has 0 radical (unpaired) electrons. The van der Waals surface area contributed by atoms with Crippen molar-refractivity contribution in [2.75, 3.05) is 19.8 Å². The molecule has 0 N–H and O–H groups in total. The molecule has 0 bridgehead atoms.